The first kappa shape index (κ1) is 12.4. The summed E-state index contributed by atoms with van der Waals surface area (Å²) in [5, 5.41) is 4.87. The molecule has 1 heterocycles. The molecular formula is C13H20N2OS. The molecule has 3 nitrogen and oxygen atoms in total. The largest absolute Gasteiger partial charge is 0.397 e. The van der Waals surface area contributed by atoms with Crippen molar-refractivity contribution < 1.29 is 4.79 Å². The van der Waals surface area contributed by atoms with Gasteiger partial charge in [-0.25, -0.2) is 0 Å². The summed E-state index contributed by atoms with van der Waals surface area (Å²) >= 11 is 1.41. The topological polar surface area (TPSA) is 55.1 Å². The lowest BCUT2D eigenvalue weighted by Crippen LogP contribution is -2.33. The minimum Gasteiger partial charge on any atom is -0.397 e. The highest BCUT2D eigenvalue weighted by atomic mass is 32.1. The smallest absolute Gasteiger partial charge is 0.263 e. The van der Waals surface area contributed by atoms with Gasteiger partial charge in [-0.05, 0) is 29.7 Å². The van der Waals surface area contributed by atoms with E-state index in [1.165, 1.54) is 37.0 Å². The van der Waals surface area contributed by atoms with Crippen molar-refractivity contribution in [3.8, 4) is 0 Å². The molecule has 1 aliphatic rings. The van der Waals surface area contributed by atoms with Crippen molar-refractivity contribution in [1.82, 2.24) is 5.32 Å². The quantitative estimate of drug-likeness (QED) is 0.869. The highest BCUT2D eigenvalue weighted by molar-refractivity contribution is 7.12. The van der Waals surface area contributed by atoms with Gasteiger partial charge in [-0.3, -0.25) is 4.79 Å². The second-order valence-corrected chi connectivity index (χ2v) is 5.85. The van der Waals surface area contributed by atoms with Crippen LogP contribution in [0.15, 0.2) is 11.4 Å². The number of thiophene rings is 1. The number of nitrogens with one attached hydrogen (secondary N) is 1. The van der Waals surface area contributed by atoms with E-state index in [1.54, 1.807) is 6.07 Å². The van der Waals surface area contributed by atoms with Crippen LogP contribution in [0.2, 0.25) is 0 Å². The van der Waals surface area contributed by atoms with Gasteiger partial charge in [-0.15, -0.1) is 11.3 Å². The molecule has 1 aromatic rings. The van der Waals surface area contributed by atoms with Crippen molar-refractivity contribution in [1.29, 1.82) is 0 Å². The Labute approximate surface area is 106 Å². The zero-order valence-corrected chi connectivity index (χ0v) is 11.1. The lowest BCUT2D eigenvalue weighted by atomic mass is 9.80. The third kappa shape index (κ3) is 3.00. The third-order valence-electron chi connectivity index (χ3n) is 3.72. The van der Waals surface area contributed by atoms with Gasteiger partial charge >= 0.3 is 0 Å². The van der Waals surface area contributed by atoms with Crippen molar-refractivity contribution >= 4 is 22.9 Å². The zero-order chi connectivity index (χ0) is 12.3. The molecule has 4 heteroatoms. The van der Waals surface area contributed by atoms with Crippen LogP contribution in [0.5, 0.6) is 0 Å². The number of nitrogen functional groups attached to an aromatic ring is 1. The highest BCUT2D eigenvalue weighted by Gasteiger charge is 2.22. The number of anilines is 1. The molecule has 2 unspecified atom stereocenters. The average molecular weight is 252 g/mol. The molecule has 0 saturated heterocycles. The van der Waals surface area contributed by atoms with Crippen LogP contribution in [0.3, 0.4) is 0 Å². The molecule has 2 rings (SSSR count). The van der Waals surface area contributed by atoms with Gasteiger partial charge in [-0.1, -0.05) is 26.2 Å². The Morgan fingerprint density at radius 2 is 2.29 bits per heavy atom. The first-order valence-electron chi connectivity index (χ1n) is 6.29. The summed E-state index contributed by atoms with van der Waals surface area (Å²) in [5.41, 5.74) is 6.31. The predicted molar refractivity (Wildman–Crippen MR) is 72.2 cm³/mol. The minimum absolute atomic E-state index is 0.0183. The normalized spacial score (nSPS) is 24.5. The van der Waals surface area contributed by atoms with E-state index in [2.05, 4.69) is 12.2 Å². The van der Waals surface area contributed by atoms with Gasteiger partial charge in [0.15, 0.2) is 0 Å². The highest BCUT2D eigenvalue weighted by Crippen LogP contribution is 2.29. The first-order chi connectivity index (χ1) is 8.18. The lowest BCUT2D eigenvalue weighted by Gasteiger charge is -2.28. The van der Waals surface area contributed by atoms with E-state index >= 15 is 0 Å². The summed E-state index contributed by atoms with van der Waals surface area (Å²) in [6, 6.07) is 1.78. The lowest BCUT2D eigenvalue weighted by molar-refractivity contribution is 0.0941. The maximum Gasteiger partial charge on any atom is 0.263 e. The summed E-state index contributed by atoms with van der Waals surface area (Å²) in [5.74, 6) is 1.34. The van der Waals surface area contributed by atoms with Crippen LogP contribution in [0.4, 0.5) is 5.69 Å². The Bertz CT molecular complexity index is 389. The molecule has 1 saturated carbocycles. The number of amides is 1. The fourth-order valence-corrected chi connectivity index (χ4v) is 3.24. The van der Waals surface area contributed by atoms with Crippen LogP contribution in [0, 0.1) is 11.8 Å². The van der Waals surface area contributed by atoms with Crippen LogP contribution >= 0.6 is 11.3 Å². The number of carbonyl (C=O) groups excluding carboxylic acids is 1. The van der Waals surface area contributed by atoms with Crippen LogP contribution in [0.25, 0.3) is 0 Å². The Morgan fingerprint density at radius 3 is 2.94 bits per heavy atom. The molecule has 0 radical (unpaired) electrons. The number of carbonyl (C=O) groups is 1. The van der Waals surface area contributed by atoms with Crippen LogP contribution in [-0.2, 0) is 0 Å². The van der Waals surface area contributed by atoms with Crippen LogP contribution in [-0.4, -0.2) is 12.5 Å². The molecule has 3 N–H and O–H groups in total. The Hall–Kier alpha value is -1.03. The van der Waals surface area contributed by atoms with Gasteiger partial charge < -0.3 is 11.1 Å². The van der Waals surface area contributed by atoms with E-state index in [0.717, 1.165) is 12.5 Å². The molecular weight excluding hydrogens is 232 g/mol. The number of hydrogen-bond acceptors (Lipinski definition) is 3. The second-order valence-electron chi connectivity index (χ2n) is 4.94. The number of rotatable bonds is 3. The maximum absolute atomic E-state index is 11.9. The standard InChI is InChI=1S/C13H20N2OS/c1-9-4-2-3-5-10(9)8-15-13(16)12-11(14)6-7-17-12/h6-7,9-10H,2-5,8,14H2,1H3,(H,15,16). The van der Waals surface area contributed by atoms with Crippen molar-refractivity contribution in [3.05, 3.63) is 16.3 Å². The van der Waals surface area contributed by atoms with Gasteiger partial charge in [0.1, 0.15) is 4.88 Å². The SMILES string of the molecule is CC1CCCCC1CNC(=O)c1sccc1N. The summed E-state index contributed by atoms with van der Waals surface area (Å²) in [7, 11) is 0. The van der Waals surface area contributed by atoms with E-state index in [9.17, 15) is 4.79 Å². The maximum atomic E-state index is 11.9. The summed E-state index contributed by atoms with van der Waals surface area (Å²) in [6.07, 6.45) is 5.17. The molecule has 1 aromatic heterocycles. The molecule has 0 bridgehead atoms. The van der Waals surface area contributed by atoms with Crippen molar-refractivity contribution in [2.24, 2.45) is 11.8 Å². The van der Waals surface area contributed by atoms with Gasteiger partial charge in [0.05, 0.1) is 5.69 Å². The van der Waals surface area contributed by atoms with Gasteiger partial charge in [0, 0.05) is 6.54 Å². The van der Waals surface area contributed by atoms with E-state index in [-0.39, 0.29) is 5.91 Å². The van der Waals surface area contributed by atoms with Crippen molar-refractivity contribution in [3.63, 3.8) is 0 Å². The van der Waals surface area contributed by atoms with Crippen LogP contribution < -0.4 is 11.1 Å². The predicted octanol–water partition coefficient (Wildman–Crippen LogP) is 2.89. The Morgan fingerprint density at radius 1 is 1.53 bits per heavy atom. The van der Waals surface area contributed by atoms with E-state index in [0.29, 0.717) is 16.5 Å². The Kier molecular flexibility index (Phi) is 4.05. The molecule has 2 atom stereocenters. The van der Waals surface area contributed by atoms with Crippen molar-refractivity contribution in [2.75, 3.05) is 12.3 Å². The molecule has 1 amide bonds. The third-order valence-corrected chi connectivity index (χ3v) is 4.64. The van der Waals surface area contributed by atoms with E-state index < -0.39 is 0 Å². The van der Waals surface area contributed by atoms with Crippen molar-refractivity contribution in [2.45, 2.75) is 32.6 Å². The molecule has 1 aliphatic carbocycles. The van der Waals surface area contributed by atoms with E-state index in [4.69, 9.17) is 5.73 Å². The fraction of sp³-hybridized carbons (Fsp3) is 0.615. The zero-order valence-electron chi connectivity index (χ0n) is 10.2. The monoisotopic (exact) mass is 252 g/mol. The summed E-state index contributed by atoms with van der Waals surface area (Å²) < 4.78 is 0. The second kappa shape index (κ2) is 5.54. The molecule has 94 valence electrons. The van der Waals surface area contributed by atoms with Gasteiger partial charge in [0.25, 0.3) is 5.91 Å². The molecule has 1 fully saturated rings. The fourth-order valence-electron chi connectivity index (χ4n) is 2.50. The number of hydrogen-bond donors (Lipinski definition) is 2. The molecule has 17 heavy (non-hydrogen) atoms. The average Bonchev–Trinajstić information content (AvgIpc) is 2.74. The van der Waals surface area contributed by atoms with E-state index in [1.807, 2.05) is 5.38 Å². The molecule has 0 aliphatic heterocycles. The number of nitrogens with two attached hydrogens (primary N) is 1. The van der Waals surface area contributed by atoms with Crippen LogP contribution in [0.1, 0.15) is 42.3 Å². The first-order valence-corrected chi connectivity index (χ1v) is 7.17. The molecule has 0 aromatic carbocycles. The van der Waals surface area contributed by atoms with Gasteiger partial charge in [-0.2, -0.15) is 0 Å². The summed E-state index contributed by atoms with van der Waals surface area (Å²) in [4.78, 5) is 12.5. The summed E-state index contributed by atoms with van der Waals surface area (Å²) in [6.45, 7) is 3.08. The minimum atomic E-state index is -0.0183. The van der Waals surface area contributed by atoms with Gasteiger partial charge in [0.2, 0.25) is 0 Å². The Balaban J connectivity index is 1.86. The molecule has 0 spiro atoms.